The third kappa shape index (κ3) is 4.67. The number of nitrogens with zero attached hydrogens (tertiary/aromatic N) is 1. The Morgan fingerprint density at radius 1 is 1.38 bits per heavy atom. The molecule has 2 rings (SSSR count). The lowest BCUT2D eigenvalue weighted by atomic mass is 10.2. The number of carbonyl (C=O) groups is 2. The molecule has 1 aliphatic heterocycles. The van der Waals surface area contributed by atoms with Crippen LogP contribution in [-0.2, 0) is 4.79 Å². The molecule has 0 radical (unpaired) electrons. The number of nitrogens with one attached hydrogen (secondary N) is 1. The van der Waals surface area contributed by atoms with Crippen LogP contribution in [0, 0.1) is 6.92 Å². The van der Waals surface area contributed by atoms with Crippen LogP contribution in [0.5, 0.6) is 0 Å². The van der Waals surface area contributed by atoms with Crippen LogP contribution in [0.4, 0.5) is 10.5 Å². The Kier molecular flexibility index (Phi) is 5.50. The van der Waals surface area contributed by atoms with E-state index in [2.05, 4.69) is 5.32 Å². The molecule has 1 heterocycles. The molecular weight excluding hydrogens is 288 g/mol. The number of carbonyl (C=O) groups excluding carboxylic acids is 1. The molecule has 114 valence electrons. The molecule has 6 heteroatoms. The smallest absolute Gasteiger partial charge is 0.322 e. The first-order chi connectivity index (χ1) is 10.1. The number of hydrogen-bond donors (Lipinski definition) is 2. The molecule has 1 fully saturated rings. The first-order valence-electron chi connectivity index (χ1n) is 7.00. The van der Waals surface area contributed by atoms with E-state index in [4.69, 9.17) is 5.11 Å². The topological polar surface area (TPSA) is 69.6 Å². The second kappa shape index (κ2) is 7.36. The van der Waals surface area contributed by atoms with Gasteiger partial charge in [-0.1, -0.05) is 17.7 Å². The summed E-state index contributed by atoms with van der Waals surface area (Å²) < 4.78 is 0. The number of benzene rings is 1. The molecule has 1 unspecified atom stereocenters. The minimum Gasteiger partial charge on any atom is -0.481 e. The van der Waals surface area contributed by atoms with Crippen LogP contribution in [0.25, 0.3) is 0 Å². The number of carboxylic acids is 1. The van der Waals surface area contributed by atoms with Crippen LogP contribution in [0.3, 0.4) is 0 Å². The predicted molar refractivity (Wildman–Crippen MR) is 85.0 cm³/mol. The van der Waals surface area contributed by atoms with Gasteiger partial charge in [0.2, 0.25) is 0 Å². The molecule has 0 bridgehead atoms. The predicted octanol–water partition coefficient (Wildman–Crippen LogP) is 2.49. The van der Waals surface area contributed by atoms with Crippen molar-refractivity contribution < 1.29 is 14.7 Å². The van der Waals surface area contributed by atoms with Crippen molar-refractivity contribution in [2.24, 2.45) is 0 Å². The highest BCUT2D eigenvalue weighted by molar-refractivity contribution is 7.99. The van der Waals surface area contributed by atoms with Gasteiger partial charge in [-0.25, -0.2) is 4.79 Å². The lowest BCUT2D eigenvalue weighted by molar-refractivity contribution is -0.136. The molecule has 1 aliphatic rings. The van der Waals surface area contributed by atoms with E-state index in [1.165, 1.54) is 4.90 Å². The largest absolute Gasteiger partial charge is 0.481 e. The molecule has 5 nitrogen and oxygen atoms in total. The fraction of sp³-hybridized carbons (Fsp3) is 0.467. The van der Waals surface area contributed by atoms with Gasteiger partial charge in [0.05, 0.1) is 6.42 Å². The van der Waals surface area contributed by atoms with Gasteiger partial charge in [-0.3, -0.25) is 9.69 Å². The van der Waals surface area contributed by atoms with Crippen molar-refractivity contribution in [3.8, 4) is 0 Å². The van der Waals surface area contributed by atoms with E-state index in [-0.39, 0.29) is 25.0 Å². The molecule has 1 aromatic rings. The Morgan fingerprint density at radius 2 is 2.10 bits per heavy atom. The van der Waals surface area contributed by atoms with Crippen molar-refractivity contribution >= 4 is 29.4 Å². The monoisotopic (exact) mass is 308 g/mol. The average Bonchev–Trinajstić information content (AvgIpc) is 2.93. The first kappa shape index (κ1) is 15.7. The van der Waals surface area contributed by atoms with Crippen molar-refractivity contribution in [3.05, 3.63) is 29.8 Å². The van der Waals surface area contributed by atoms with Gasteiger partial charge in [0, 0.05) is 24.0 Å². The van der Waals surface area contributed by atoms with Crippen molar-refractivity contribution in [2.45, 2.75) is 25.8 Å². The Morgan fingerprint density at radius 3 is 2.67 bits per heavy atom. The SMILES string of the molecule is Cc1ccc(N(CCC(=O)O)C(=O)NC2CCSC2)cc1. The molecule has 2 amide bonds. The molecular formula is C15H20N2O3S. The zero-order chi connectivity index (χ0) is 15.2. The van der Waals surface area contributed by atoms with E-state index in [0.29, 0.717) is 0 Å². The number of aryl methyl sites for hydroxylation is 1. The number of anilines is 1. The zero-order valence-electron chi connectivity index (χ0n) is 12.0. The second-order valence-corrected chi connectivity index (χ2v) is 6.29. The minimum atomic E-state index is -0.906. The Hall–Kier alpha value is -1.69. The Labute approximate surface area is 128 Å². The van der Waals surface area contributed by atoms with Crippen LogP contribution >= 0.6 is 11.8 Å². The van der Waals surface area contributed by atoms with E-state index >= 15 is 0 Å². The van der Waals surface area contributed by atoms with E-state index in [1.807, 2.05) is 43.0 Å². The lowest BCUT2D eigenvalue weighted by Crippen LogP contribution is -2.45. The summed E-state index contributed by atoms with van der Waals surface area (Å²) in [5.74, 6) is 1.08. The van der Waals surface area contributed by atoms with Crippen molar-refractivity contribution in [1.29, 1.82) is 0 Å². The van der Waals surface area contributed by atoms with Crippen molar-refractivity contribution in [3.63, 3.8) is 0 Å². The molecule has 21 heavy (non-hydrogen) atoms. The molecule has 1 saturated heterocycles. The second-order valence-electron chi connectivity index (χ2n) is 5.14. The van der Waals surface area contributed by atoms with E-state index in [0.717, 1.165) is 29.2 Å². The summed E-state index contributed by atoms with van der Waals surface area (Å²) in [4.78, 5) is 24.7. The highest BCUT2D eigenvalue weighted by atomic mass is 32.2. The maximum atomic E-state index is 12.4. The fourth-order valence-corrected chi connectivity index (χ4v) is 3.33. The number of hydrogen-bond acceptors (Lipinski definition) is 3. The summed E-state index contributed by atoms with van der Waals surface area (Å²) in [6.07, 6.45) is 0.901. The fourth-order valence-electron chi connectivity index (χ4n) is 2.18. The van der Waals surface area contributed by atoms with Crippen LogP contribution < -0.4 is 10.2 Å². The van der Waals surface area contributed by atoms with Gasteiger partial charge in [0.1, 0.15) is 0 Å². The molecule has 1 atom stereocenters. The lowest BCUT2D eigenvalue weighted by Gasteiger charge is -2.24. The normalized spacial score (nSPS) is 17.5. The molecule has 0 spiro atoms. The summed E-state index contributed by atoms with van der Waals surface area (Å²) in [5.41, 5.74) is 1.83. The molecule has 0 aliphatic carbocycles. The quantitative estimate of drug-likeness (QED) is 0.877. The zero-order valence-corrected chi connectivity index (χ0v) is 12.9. The third-order valence-electron chi connectivity index (χ3n) is 3.40. The first-order valence-corrected chi connectivity index (χ1v) is 8.16. The van der Waals surface area contributed by atoms with Gasteiger partial charge in [-0.15, -0.1) is 0 Å². The van der Waals surface area contributed by atoms with Crippen molar-refractivity contribution in [1.82, 2.24) is 5.32 Å². The number of carboxylic acid groups (broad SMARTS) is 1. The Balaban J connectivity index is 2.08. The average molecular weight is 308 g/mol. The molecule has 2 N–H and O–H groups in total. The maximum absolute atomic E-state index is 12.4. The number of thioether (sulfide) groups is 1. The highest BCUT2D eigenvalue weighted by Gasteiger charge is 2.22. The van der Waals surface area contributed by atoms with Crippen LogP contribution in [-0.4, -0.2) is 41.2 Å². The van der Waals surface area contributed by atoms with Gasteiger partial charge in [0.25, 0.3) is 0 Å². The molecule has 0 aromatic heterocycles. The maximum Gasteiger partial charge on any atom is 0.322 e. The van der Waals surface area contributed by atoms with Gasteiger partial charge in [-0.05, 0) is 31.2 Å². The number of amides is 2. The summed E-state index contributed by atoms with van der Waals surface area (Å²) in [6, 6.07) is 7.50. The third-order valence-corrected chi connectivity index (χ3v) is 4.56. The van der Waals surface area contributed by atoms with E-state index < -0.39 is 5.97 Å². The van der Waals surface area contributed by atoms with Crippen LogP contribution in [0.15, 0.2) is 24.3 Å². The molecule has 0 saturated carbocycles. The summed E-state index contributed by atoms with van der Waals surface area (Å²) in [6.45, 7) is 2.14. The summed E-state index contributed by atoms with van der Waals surface area (Å²) in [5, 5.41) is 11.8. The van der Waals surface area contributed by atoms with Gasteiger partial charge in [0.15, 0.2) is 0 Å². The van der Waals surface area contributed by atoms with E-state index in [9.17, 15) is 9.59 Å². The molecule has 1 aromatic carbocycles. The number of aliphatic carboxylic acids is 1. The standard InChI is InChI=1S/C15H20N2O3S/c1-11-2-4-13(5-3-11)17(8-6-14(18)19)15(20)16-12-7-9-21-10-12/h2-5,12H,6-10H2,1H3,(H,16,20)(H,18,19). The number of urea groups is 1. The summed E-state index contributed by atoms with van der Waals surface area (Å²) in [7, 11) is 0. The van der Waals surface area contributed by atoms with Crippen LogP contribution in [0.2, 0.25) is 0 Å². The van der Waals surface area contributed by atoms with Gasteiger partial charge >= 0.3 is 12.0 Å². The highest BCUT2D eigenvalue weighted by Crippen LogP contribution is 2.19. The minimum absolute atomic E-state index is 0.0687. The van der Waals surface area contributed by atoms with Gasteiger partial charge in [-0.2, -0.15) is 11.8 Å². The van der Waals surface area contributed by atoms with E-state index in [1.54, 1.807) is 0 Å². The van der Waals surface area contributed by atoms with Crippen molar-refractivity contribution in [2.75, 3.05) is 23.0 Å². The Bertz CT molecular complexity index is 498. The van der Waals surface area contributed by atoms with Gasteiger partial charge < -0.3 is 10.4 Å². The summed E-state index contributed by atoms with van der Waals surface area (Å²) >= 11 is 1.82. The number of rotatable bonds is 5. The van der Waals surface area contributed by atoms with Crippen LogP contribution in [0.1, 0.15) is 18.4 Å².